The van der Waals surface area contributed by atoms with Crippen LogP contribution in [0, 0.1) is 0 Å². The first-order valence-electron chi connectivity index (χ1n) is 5.53. The molecular formula is C13H16N2S2. The van der Waals surface area contributed by atoms with E-state index in [-0.39, 0.29) is 6.04 Å². The van der Waals surface area contributed by atoms with Crippen LogP contribution in [0.15, 0.2) is 34.5 Å². The lowest BCUT2D eigenvalue weighted by molar-refractivity contribution is 0.726. The molecule has 2 aromatic rings. The lowest BCUT2D eigenvalue weighted by Crippen LogP contribution is -2.17. The fourth-order valence-corrected chi connectivity index (χ4v) is 2.84. The molecule has 0 saturated heterocycles. The lowest BCUT2D eigenvalue weighted by Gasteiger charge is -2.00. The Balaban J connectivity index is 2.18. The van der Waals surface area contributed by atoms with Gasteiger partial charge in [0.25, 0.3) is 0 Å². The van der Waals surface area contributed by atoms with E-state index in [1.54, 1.807) is 23.1 Å². The average Bonchev–Trinajstić information content (AvgIpc) is 2.77. The highest BCUT2D eigenvalue weighted by molar-refractivity contribution is 7.98. The summed E-state index contributed by atoms with van der Waals surface area (Å²) in [4.78, 5) is 5.89. The molecule has 0 saturated carbocycles. The van der Waals surface area contributed by atoms with Crippen LogP contribution < -0.4 is 5.73 Å². The molecule has 0 spiro atoms. The van der Waals surface area contributed by atoms with Gasteiger partial charge >= 0.3 is 0 Å². The number of nitrogens with two attached hydrogens (primary N) is 1. The summed E-state index contributed by atoms with van der Waals surface area (Å²) < 4.78 is 0. The van der Waals surface area contributed by atoms with Gasteiger partial charge < -0.3 is 5.73 Å². The molecule has 0 fully saturated rings. The molecule has 1 heterocycles. The summed E-state index contributed by atoms with van der Waals surface area (Å²) in [5.41, 5.74) is 8.05. The quantitative estimate of drug-likeness (QED) is 0.860. The Labute approximate surface area is 110 Å². The van der Waals surface area contributed by atoms with E-state index >= 15 is 0 Å². The van der Waals surface area contributed by atoms with Gasteiger partial charge in [-0.05, 0) is 25.3 Å². The maximum Gasteiger partial charge on any atom is 0.123 e. The maximum atomic E-state index is 5.77. The Morgan fingerprint density at radius 3 is 2.65 bits per heavy atom. The molecule has 0 aliphatic carbocycles. The number of hydrogen-bond acceptors (Lipinski definition) is 4. The number of hydrogen-bond donors (Lipinski definition) is 1. The fraction of sp³-hybridized carbons (Fsp3) is 0.308. The molecule has 17 heavy (non-hydrogen) atoms. The standard InChI is InChI=1S/C13H16N2S2/c1-9(14)7-11-8-17-13(15-11)10-3-5-12(16-2)6-4-10/h3-6,8-9H,7,14H2,1-2H3. The normalized spacial score (nSPS) is 12.6. The summed E-state index contributed by atoms with van der Waals surface area (Å²) in [6.45, 7) is 2.01. The zero-order valence-corrected chi connectivity index (χ0v) is 11.6. The van der Waals surface area contributed by atoms with Crippen LogP contribution in [0.1, 0.15) is 12.6 Å². The summed E-state index contributed by atoms with van der Waals surface area (Å²) >= 11 is 3.44. The molecule has 2 nitrogen and oxygen atoms in total. The Bertz CT molecular complexity index is 474. The van der Waals surface area contributed by atoms with Gasteiger partial charge in [0.2, 0.25) is 0 Å². The zero-order chi connectivity index (χ0) is 12.3. The van der Waals surface area contributed by atoms with Gasteiger partial charge in [0.05, 0.1) is 5.69 Å². The third-order valence-corrected chi connectivity index (χ3v) is 4.10. The number of thiazole rings is 1. The summed E-state index contributed by atoms with van der Waals surface area (Å²) in [5.74, 6) is 0. The summed E-state index contributed by atoms with van der Waals surface area (Å²) in [6, 6.07) is 8.68. The van der Waals surface area contributed by atoms with E-state index in [9.17, 15) is 0 Å². The van der Waals surface area contributed by atoms with Crippen molar-refractivity contribution in [1.29, 1.82) is 0 Å². The van der Waals surface area contributed by atoms with Crippen molar-refractivity contribution in [3.05, 3.63) is 35.3 Å². The molecule has 2 rings (SSSR count). The summed E-state index contributed by atoms with van der Waals surface area (Å²) in [5, 5.41) is 3.18. The van der Waals surface area contributed by atoms with Crippen molar-refractivity contribution in [1.82, 2.24) is 4.98 Å². The second kappa shape index (κ2) is 5.67. The first kappa shape index (κ1) is 12.6. The van der Waals surface area contributed by atoms with Crippen molar-refractivity contribution < 1.29 is 0 Å². The monoisotopic (exact) mass is 264 g/mol. The van der Waals surface area contributed by atoms with E-state index in [0.717, 1.165) is 17.1 Å². The van der Waals surface area contributed by atoms with Crippen molar-refractivity contribution in [3.63, 3.8) is 0 Å². The summed E-state index contributed by atoms with van der Waals surface area (Å²) in [6.07, 6.45) is 2.93. The minimum Gasteiger partial charge on any atom is -0.328 e. The predicted octanol–water partition coefficient (Wildman–Crippen LogP) is 3.42. The van der Waals surface area contributed by atoms with Gasteiger partial charge in [-0.2, -0.15) is 0 Å². The van der Waals surface area contributed by atoms with Crippen LogP contribution in [0.3, 0.4) is 0 Å². The van der Waals surface area contributed by atoms with Gasteiger partial charge in [-0.3, -0.25) is 0 Å². The first-order chi connectivity index (χ1) is 8.19. The van der Waals surface area contributed by atoms with Crippen LogP contribution in [-0.4, -0.2) is 17.3 Å². The lowest BCUT2D eigenvalue weighted by atomic mass is 10.2. The molecule has 0 radical (unpaired) electrons. The second-order valence-electron chi connectivity index (χ2n) is 4.05. The van der Waals surface area contributed by atoms with E-state index in [0.29, 0.717) is 0 Å². The van der Waals surface area contributed by atoms with Crippen molar-refractivity contribution in [2.75, 3.05) is 6.26 Å². The number of thioether (sulfide) groups is 1. The molecule has 1 atom stereocenters. The highest BCUT2D eigenvalue weighted by atomic mass is 32.2. The van der Waals surface area contributed by atoms with E-state index < -0.39 is 0 Å². The van der Waals surface area contributed by atoms with Gasteiger partial charge in [-0.15, -0.1) is 23.1 Å². The minimum absolute atomic E-state index is 0.170. The van der Waals surface area contributed by atoms with Crippen LogP contribution >= 0.6 is 23.1 Å². The molecule has 0 amide bonds. The van der Waals surface area contributed by atoms with E-state index in [4.69, 9.17) is 5.73 Å². The number of nitrogens with zero attached hydrogens (tertiary/aromatic N) is 1. The van der Waals surface area contributed by atoms with Crippen molar-refractivity contribution in [2.24, 2.45) is 5.73 Å². The SMILES string of the molecule is CSc1ccc(-c2nc(CC(C)N)cs2)cc1. The Morgan fingerprint density at radius 2 is 2.06 bits per heavy atom. The topological polar surface area (TPSA) is 38.9 Å². The molecule has 1 unspecified atom stereocenters. The van der Waals surface area contributed by atoms with Gasteiger partial charge in [-0.25, -0.2) is 4.98 Å². The van der Waals surface area contributed by atoms with E-state index in [1.807, 2.05) is 6.92 Å². The molecule has 0 aliphatic heterocycles. The third kappa shape index (κ3) is 3.31. The van der Waals surface area contributed by atoms with Crippen LogP contribution in [0.25, 0.3) is 10.6 Å². The Hall–Kier alpha value is -0.840. The predicted molar refractivity (Wildman–Crippen MR) is 76.7 cm³/mol. The molecule has 4 heteroatoms. The number of rotatable bonds is 4. The maximum absolute atomic E-state index is 5.77. The Morgan fingerprint density at radius 1 is 1.35 bits per heavy atom. The second-order valence-corrected chi connectivity index (χ2v) is 5.79. The van der Waals surface area contributed by atoms with Gasteiger partial charge in [0, 0.05) is 28.3 Å². The molecule has 90 valence electrons. The molecule has 0 aliphatic rings. The molecule has 2 N–H and O–H groups in total. The van der Waals surface area contributed by atoms with E-state index in [1.165, 1.54) is 10.5 Å². The first-order valence-corrected chi connectivity index (χ1v) is 7.64. The third-order valence-electron chi connectivity index (χ3n) is 2.42. The molecule has 1 aromatic heterocycles. The highest BCUT2D eigenvalue weighted by Gasteiger charge is 2.06. The van der Waals surface area contributed by atoms with Crippen LogP contribution in [0.5, 0.6) is 0 Å². The zero-order valence-electron chi connectivity index (χ0n) is 10.0. The van der Waals surface area contributed by atoms with Crippen LogP contribution in [0.2, 0.25) is 0 Å². The van der Waals surface area contributed by atoms with Crippen molar-refractivity contribution >= 4 is 23.1 Å². The van der Waals surface area contributed by atoms with Gasteiger partial charge in [-0.1, -0.05) is 12.1 Å². The van der Waals surface area contributed by atoms with Crippen LogP contribution in [0.4, 0.5) is 0 Å². The number of benzene rings is 1. The smallest absolute Gasteiger partial charge is 0.123 e. The van der Waals surface area contributed by atoms with Gasteiger partial charge in [0.15, 0.2) is 0 Å². The summed E-state index contributed by atoms with van der Waals surface area (Å²) in [7, 11) is 0. The van der Waals surface area contributed by atoms with Gasteiger partial charge in [0.1, 0.15) is 5.01 Å². The average molecular weight is 264 g/mol. The highest BCUT2D eigenvalue weighted by Crippen LogP contribution is 2.26. The number of aromatic nitrogens is 1. The van der Waals surface area contributed by atoms with E-state index in [2.05, 4.69) is 40.9 Å². The van der Waals surface area contributed by atoms with Crippen molar-refractivity contribution in [2.45, 2.75) is 24.3 Å². The molecule has 1 aromatic carbocycles. The largest absolute Gasteiger partial charge is 0.328 e. The minimum atomic E-state index is 0.170. The van der Waals surface area contributed by atoms with Crippen molar-refractivity contribution in [3.8, 4) is 10.6 Å². The Kier molecular flexibility index (Phi) is 4.20. The molecular weight excluding hydrogens is 248 g/mol. The fourth-order valence-electron chi connectivity index (χ4n) is 1.60. The molecule has 0 bridgehead atoms. The van der Waals surface area contributed by atoms with Crippen LogP contribution in [-0.2, 0) is 6.42 Å².